The first-order valence-corrected chi connectivity index (χ1v) is 5.86. The number of esters is 1. The van der Waals surface area contributed by atoms with Crippen molar-refractivity contribution in [1.29, 1.82) is 0 Å². The zero-order valence-electron chi connectivity index (χ0n) is 11.1. The van der Waals surface area contributed by atoms with Crippen LogP contribution in [0.25, 0.3) is 0 Å². The zero-order chi connectivity index (χ0) is 14.5. The third kappa shape index (κ3) is 3.64. The van der Waals surface area contributed by atoms with Crippen molar-refractivity contribution in [2.75, 3.05) is 12.4 Å². The Morgan fingerprint density at radius 3 is 2.53 bits per heavy atom. The lowest BCUT2D eigenvalue weighted by atomic mass is 9.96. The lowest BCUT2D eigenvalue weighted by Crippen LogP contribution is -2.43. The maximum atomic E-state index is 11.3. The molecule has 104 valence electrons. The van der Waals surface area contributed by atoms with E-state index in [0.29, 0.717) is 18.7 Å². The van der Waals surface area contributed by atoms with Crippen LogP contribution in [0, 0.1) is 0 Å². The van der Waals surface area contributed by atoms with Gasteiger partial charge in [-0.25, -0.2) is 9.59 Å². The third-order valence-electron chi connectivity index (χ3n) is 2.69. The van der Waals surface area contributed by atoms with Crippen LogP contribution in [0.15, 0.2) is 12.1 Å². The van der Waals surface area contributed by atoms with Crippen LogP contribution in [-0.4, -0.2) is 39.9 Å². The second-order valence-electron chi connectivity index (χ2n) is 4.31. The van der Waals surface area contributed by atoms with Crippen molar-refractivity contribution in [2.24, 2.45) is 0 Å². The molecule has 0 bridgehead atoms. The van der Waals surface area contributed by atoms with Crippen LogP contribution < -0.4 is 5.32 Å². The highest BCUT2D eigenvalue weighted by Gasteiger charge is 2.32. The highest BCUT2D eigenvalue weighted by atomic mass is 16.5. The smallest absolute Gasteiger partial charge is 0.358 e. The summed E-state index contributed by atoms with van der Waals surface area (Å²) >= 11 is 0. The molecule has 0 aromatic carbocycles. The van der Waals surface area contributed by atoms with Gasteiger partial charge in [0.25, 0.3) is 0 Å². The van der Waals surface area contributed by atoms with Gasteiger partial charge in [-0.05, 0) is 25.5 Å². The van der Waals surface area contributed by atoms with E-state index in [2.05, 4.69) is 20.3 Å². The van der Waals surface area contributed by atoms with Crippen LogP contribution >= 0.6 is 0 Å². The van der Waals surface area contributed by atoms with E-state index in [0.717, 1.165) is 0 Å². The molecule has 7 nitrogen and oxygen atoms in total. The molecule has 0 aliphatic carbocycles. The number of carbonyl (C=O) groups is 2. The number of rotatable bonds is 6. The largest absolute Gasteiger partial charge is 0.480 e. The summed E-state index contributed by atoms with van der Waals surface area (Å²) in [6.07, 6.45) is 1.16. The molecule has 1 heterocycles. The van der Waals surface area contributed by atoms with E-state index in [1.54, 1.807) is 6.92 Å². The molecule has 19 heavy (non-hydrogen) atoms. The Morgan fingerprint density at radius 1 is 1.42 bits per heavy atom. The molecule has 0 fully saturated rings. The Hall–Kier alpha value is -2.18. The van der Waals surface area contributed by atoms with E-state index in [1.165, 1.54) is 19.2 Å². The zero-order valence-corrected chi connectivity index (χ0v) is 11.1. The summed E-state index contributed by atoms with van der Waals surface area (Å²) < 4.78 is 4.50. The van der Waals surface area contributed by atoms with Gasteiger partial charge in [0, 0.05) is 0 Å². The number of hydrogen-bond donors (Lipinski definition) is 2. The number of carbonyl (C=O) groups excluding carboxylic acids is 1. The fourth-order valence-electron chi connectivity index (χ4n) is 1.62. The second kappa shape index (κ2) is 6.12. The van der Waals surface area contributed by atoms with Gasteiger partial charge >= 0.3 is 11.9 Å². The summed E-state index contributed by atoms with van der Waals surface area (Å²) in [6, 6.07) is 2.92. The molecule has 1 rings (SSSR count). The van der Waals surface area contributed by atoms with E-state index < -0.39 is 17.5 Å². The number of hydrogen-bond acceptors (Lipinski definition) is 6. The first-order chi connectivity index (χ1) is 8.92. The molecule has 7 heteroatoms. The molecule has 1 aromatic heterocycles. The lowest BCUT2D eigenvalue weighted by Gasteiger charge is -2.25. The summed E-state index contributed by atoms with van der Waals surface area (Å²) in [7, 11) is 1.25. The standard InChI is InChI=1S/C12H17N3O4/c1-4-7-12(2,11(17)18)13-9-6-5-8(14-15-9)10(16)19-3/h5-6H,4,7H2,1-3H3,(H,13,15)(H,17,18). The molecular weight excluding hydrogens is 250 g/mol. The molecular formula is C12H17N3O4. The average molecular weight is 267 g/mol. The fraction of sp³-hybridized carbons (Fsp3) is 0.500. The van der Waals surface area contributed by atoms with Gasteiger partial charge in [-0.15, -0.1) is 10.2 Å². The second-order valence-corrected chi connectivity index (χ2v) is 4.31. The SMILES string of the molecule is CCCC(C)(Nc1ccc(C(=O)OC)nn1)C(=O)O. The Balaban J connectivity index is 2.87. The van der Waals surface area contributed by atoms with E-state index in [1.807, 2.05) is 6.92 Å². The molecule has 0 aliphatic rings. The number of methoxy groups -OCH3 is 1. The van der Waals surface area contributed by atoms with Gasteiger partial charge in [0.1, 0.15) is 11.4 Å². The van der Waals surface area contributed by atoms with Crippen molar-refractivity contribution in [3.63, 3.8) is 0 Å². The van der Waals surface area contributed by atoms with Crippen LogP contribution in [0.1, 0.15) is 37.2 Å². The minimum atomic E-state index is -1.11. The minimum Gasteiger partial charge on any atom is -0.480 e. The molecule has 0 aliphatic heterocycles. The highest BCUT2D eigenvalue weighted by molar-refractivity contribution is 5.87. The molecule has 1 aromatic rings. The summed E-state index contributed by atoms with van der Waals surface area (Å²) in [5, 5.41) is 19.5. The maximum Gasteiger partial charge on any atom is 0.358 e. The third-order valence-corrected chi connectivity index (χ3v) is 2.69. The van der Waals surface area contributed by atoms with E-state index in [4.69, 9.17) is 0 Å². The van der Waals surface area contributed by atoms with Crippen molar-refractivity contribution in [3.8, 4) is 0 Å². The molecule has 1 atom stereocenters. The van der Waals surface area contributed by atoms with Crippen molar-refractivity contribution >= 4 is 17.8 Å². The summed E-state index contributed by atoms with van der Waals surface area (Å²) in [4.78, 5) is 22.4. The number of ether oxygens (including phenoxy) is 1. The van der Waals surface area contributed by atoms with E-state index in [9.17, 15) is 14.7 Å². The van der Waals surface area contributed by atoms with Crippen LogP contribution in [0.3, 0.4) is 0 Å². The molecule has 0 saturated carbocycles. The van der Waals surface area contributed by atoms with Crippen LogP contribution in [0.4, 0.5) is 5.82 Å². The van der Waals surface area contributed by atoms with Gasteiger partial charge < -0.3 is 15.2 Å². The number of aromatic nitrogens is 2. The maximum absolute atomic E-state index is 11.3. The topological polar surface area (TPSA) is 101 Å². The predicted octanol–water partition coefficient (Wildman–Crippen LogP) is 1.32. The van der Waals surface area contributed by atoms with Gasteiger partial charge in [0.05, 0.1) is 7.11 Å². The normalized spacial score (nSPS) is 13.4. The van der Waals surface area contributed by atoms with Gasteiger partial charge in [-0.1, -0.05) is 13.3 Å². The van der Waals surface area contributed by atoms with Crippen LogP contribution in [-0.2, 0) is 9.53 Å². The number of aliphatic carboxylic acids is 1. The minimum absolute atomic E-state index is 0.0700. The first-order valence-electron chi connectivity index (χ1n) is 5.86. The van der Waals surface area contributed by atoms with Crippen molar-refractivity contribution in [2.45, 2.75) is 32.2 Å². The molecule has 0 saturated heterocycles. The molecule has 0 amide bonds. The number of anilines is 1. The van der Waals surface area contributed by atoms with Crippen molar-refractivity contribution in [3.05, 3.63) is 17.8 Å². The van der Waals surface area contributed by atoms with E-state index in [-0.39, 0.29) is 5.69 Å². The monoisotopic (exact) mass is 267 g/mol. The highest BCUT2D eigenvalue weighted by Crippen LogP contribution is 2.18. The number of nitrogens with zero attached hydrogens (tertiary/aromatic N) is 2. The van der Waals surface area contributed by atoms with Crippen molar-refractivity contribution in [1.82, 2.24) is 10.2 Å². The predicted molar refractivity (Wildman–Crippen MR) is 67.9 cm³/mol. The Morgan fingerprint density at radius 2 is 2.11 bits per heavy atom. The van der Waals surface area contributed by atoms with E-state index >= 15 is 0 Å². The van der Waals surface area contributed by atoms with Gasteiger partial charge in [-0.2, -0.15) is 0 Å². The average Bonchev–Trinajstić information content (AvgIpc) is 2.38. The van der Waals surface area contributed by atoms with Gasteiger partial charge in [0.2, 0.25) is 0 Å². The summed E-state index contributed by atoms with van der Waals surface area (Å²) in [5.41, 5.74) is -1.04. The van der Waals surface area contributed by atoms with Gasteiger partial charge in [-0.3, -0.25) is 0 Å². The number of nitrogens with one attached hydrogen (secondary N) is 1. The molecule has 0 radical (unpaired) electrons. The molecule has 0 spiro atoms. The summed E-state index contributed by atoms with van der Waals surface area (Å²) in [5.74, 6) is -1.26. The number of carboxylic acid groups (broad SMARTS) is 1. The van der Waals surface area contributed by atoms with Crippen molar-refractivity contribution < 1.29 is 19.4 Å². The molecule has 2 N–H and O–H groups in total. The quantitative estimate of drug-likeness (QED) is 0.749. The fourth-order valence-corrected chi connectivity index (χ4v) is 1.62. The van der Waals surface area contributed by atoms with Crippen LogP contribution in [0.5, 0.6) is 0 Å². The van der Waals surface area contributed by atoms with Crippen LogP contribution in [0.2, 0.25) is 0 Å². The lowest BCUT2D eigenvalue weighted by molar-refractivity contribution is -0.142. The summed E-state index contributed by atoms with van der Waals surface area (Å²) in [6.45, 7) is 3.48. The van der Waals surface area contributed by atoms with Gasteiger partial charge in [0.15, 0.2) is 5.69 Å². The number of carboxylic acids is 1. The Labute approximate surface area is 111 Å². The first kappa shape index (κ1) is 14.9. The Kier molecular flexibility index (Phi) is 4.80. The Bertz CT molecular complexity index is 461. The molecule has 1 unspecified atom stereocenters.